The summed E-state index contributed by atoms with van der Waals surface area (Å²) in [7, 11) is -3.56. The monoisotopic (exact) mass is 295 g/mol. The van der Waals surface area contributed by atoms with Gasteiger partial charge in [0, 0.05) is 6.54 Å². The smallest absolute Gasteiger partial charge is 0.245 e. The van der Waals surface area contributed by atoms with Crippen LogP contribution >= 0.6 is 23.2 Å². The summed E-state index contributed by atoms with van der Waals surface area (Å²) in [4.78, 5) is 0.129. The number of hydrogen-bond acceptors (Lipinski definition) is 3. The first-order chi connectivity index (χ1) is 7.93. The molecule has 0 radical (unpaired) electrons. The molecule has 1 atom stereocenters. The quantitative estimate of drug-likeness (QED) is 0.841. The molecule has 0 aromatic heterocycles. The lowest BCUT2D eigenvalue weighted by atomic mass is 10.4. The fourth-order valence-electron chi connectivity index (χ4n) is 1.67. The molecule has 1 fully saturated rings. The van der Waals surface area contributed by atoms with Crippen molar-refractivity contribution in [1.82, 2.24) is 4.31 Å². The molecule has 0 amide bonds. The van der Waals surface area contributed by atoms with E-state index in [2.05, 4.69) is 0 Å². The maximum Gasteiger partial charge on any atom is 0.245 e. The highest BCUT2D eigenvalue weighted by atomic mass is 35.5. The third-order valence-electron chi connectivity index (χ3n) is 2.57. The fraction of sp³-hybridized carbons (Fsp3) is 0.400. The summed E-state index contributed by atoms with van der Waals surface area (Å²) in [5.74, 6) is 0. The van der Waals surface area contributed by atoms with Gasteiger partial charge in [-0.2, -0.15) is 4.31 Å². The van der Waals surface area contributed by atoms with E-state index in [9.17, 15) is 8.42 Å². The van der Waals surface area contributed by atoms with E-state index in [1.54, 1.807) is 6.92 Å². The largest absolute Gasteiger partial charge is 0.361 e. The number of hydrogen-bond donors (Lipinski definition) is 0. The number of sulfonamides is 1. The predicted molar refractivity (Wildman–Crippen MR) is 65.8 cm³/mol. The minimum Gasteiger partial charge on any atom is -0.361 e. The molecule has 94 valence electrons. The molecule has 1 unspecified atom stereocenters. The van der Waals surface area contributed by atoms with Crippen LogP contribution in [0.5, 0.6) is 0 Å². The van der Waals surface area contributed by atoms with Gasteiger partial charge in [0.2, 0.25) is 10.0 Å². The number of benzene rings is 1. The predicted octanol–water partition coefficient (Wildman–Crippen LogP) is 2.36. The summed E-state index contributed by atoms with van der Waals surface area (Å²) >= 11 is 11.6. The SMILES string of the molecule is CC1OCCN1S(=O)(=O)c1ccc(Cl)c(Cl)c1. The van der Waals surface area contributed by atoms with E-state index in [0.29, 0.717) is 18.2 Å². The Hall–Kier alpha value is -0.330. The van der Waals surface area contributed by atoms with Gasteiger partial charge in [-0.15, -0.1) is 0 Å². The van der Waals surface area contributed by atoms with Crippen molar-refractivity contribution in [3.05, 3.63) is 28.2 Å². The van der Waals surface area contributed by atoms with E-state index < -0.39 is 16.3 Å². The van der Waals surface area contributed by atoms with Crippen LogP contribution in [0.3, 0.4) is 0 Å². The topological polar surface area (TPSA) is 46.6 Å². The van der Waals surface area contributed by atoms with Crippen molar-refractivity contribution < 1.29 is 13.2 Å². The van der Waals surface area contributed by atoms with Crippen LogP contribution in [0.2, 0.25) is 10.0 Å². The highest BCUT2D eigenvalue weighted by Crippen LogP contribution is 2.28. The first-order valence-corrected chi connectivity index (χ1v) is 7.21. The third kappa shape index (κ3) is 2.44. The van der Waals surface area contributed by atoms with E-state index in [1.807, 2.05) is 0 Å². The Morgan fingerprint density at radius 2 is 2.06 bits per heavy atom. The van der Waals surface area contributed by atoms with Gasteiger partial charge in [0.25, 0.3) is 0 Å². The molecule has 0 spiro atoms. The van der Waals surface area contributed by atoms with Gasteiger partial charge in [-0.05, 0) is 25.1 Å². The number of nitrogens with zero attached hydrogens (tertiary/aromatic N) is 1. The number of ether oxygens (including phenoxy) is 1. The first-order valence-electron chi connectivity index (χ1n) is 5.01. The molecule has 2 rings (SSSR count). The fourth-order valence-corrected chi connectivity index (χ4v) is 3.57. The molecule has 0 aliphatic carbocycles. The van der Waals surface area contributed by atoms with Crippen molar-refractivity contribution in [2.45, 2.75) is 18.0 Å². The molecule has 1 aromatic rings. The van der Waals surface area contributed by atoms with Crippen molar-refractivity contribution in [1.29, 1.82) is 0 Å². The number of halogens is 2. The van der Waals surface area contributed by atoms with Crippen molar-refractivity contribution in [2.75, 3.05) is 13.2 Å². The van der Waals surface area contributed by atoms with Crippen molar-refractivity contribution in [2.24, 2.45) is 0 Å². The minimum atomic E-state index is -3.56. The zero-order valence-electron chi connectivity index (χ0n) is 9.06. The van der Waals surface area contributed by atoms with Gasteiger partial charge in [-0.3, -0.25) is 0 Å². The van der Waals surface area contributed by atoms with Crippen LogP contribution in [0.4, 0.5) is 0 Å². The maximum absolute atomic E-state index is 12.3. The van der Waals surface area contributed by atoms with Crippen LogP contribution in [0.25, 0.3) is 0 Å². The van der Waals surface area contributed by atoms with Gasteiger partial charge in [0.1, 0.15) is 6.23 Å². The highest BCUT2D eigenvalue weighted by molar-refractivity contribution is 7.89. The van der Waals surface area contributed by atoms with E-state index >= 15 is 0 Å². The Labute approximate surface area is 110 Å². The molecule has 7 heteroatoms. The maximum atomic E-state index is 12.3. The van der Waals surface area contributed by atoms with Crippen molar-refractivity contribution in [3.8, 4) is 0 Å². The Bertz CT molecular complexity index is 532. The van der Waals surface area contributed by atoms with Crippen LogP contribution < -0.4 is 0 Å². The molecular weight excluding hydrogens is 285 g/mol. The Morgan fingerprint density at radius 3 is 2.59 bits per heavy atom. The van der Waals surface area contributed by atoms with Crippen LogP contribution in [-0.4, -0.2) is 32.1 Å². The van der Waals surface area contributed by atoms with Gasteiger partial charge in [-0.1, -0.05) is 23.2 Å². The second kappa shape index (κ2) is 4.74. The Balaban J connectivity index is 2.41. The molecule has 0 saturated carbocycles. The summed E-state index contributed by atoms with van der Waals surface area (Å²) in [6, 6.07) is 4.26. The Morgan fingerprint density at radius 1 is 1.35 bits per heavy atom. The van der Waals surface area contributed by atoms with Gasteiger partial charge in [0.05, 0.1) is 21.5 Å². The molecule has 1 aliphatic heterocycles. The van der Waals surface area contributed by atoms with Crippen LogP contribution in [0.1, 0.15) is 6.92 Å². The van der Waals surface area contributed by atoms with Crippen LogP contribution in [-0.2, 0) is 14.8 Å². The molecule has 17 heavy (non-hydrogen) atoms. The molecule has 1 heterocycles. The average Bonchev–Trinajstić information content (AvgIpc) is 2.69. The third-order valence-corrected chi connectivity index (χ3v) is 5.26. The van der Waals surface area contributed by atoms with E-state index in [4.69, 9.17) is 27.9 Å². The molecule has 0 bridgehead atoms. The first kappa shape index (κ1) is 13.1. The standard InChI is InChI=1S/C10H11Cl2NO3S/c1-7-13(4-5-16-7)17(14,15)8-2-3-9(11)10(12)6-8/h2-3,6-7H,4-5H2,1H3. The molecular formula is C10H11Cl2NO3S. The number of rotatable bonds is 2. The summed E-state index contributed by atoms with van der Waals surface area (Å²) in [6.07, 6.45) is -0.450. The summed E-state index contributed by atoms with van der Waals surface area (Å²) in [5, 5.41) is 0.553. The van der Waals surface area contributed by atoms with E-state index in [1.165, 1.54) is 22.5 Å². The van der Waals surface area contributed by atoms with Crippen LogP contribution in [0, 0.1) is 0 Å². The van der Waals surface area contributed by atoms with Gasteiger partial charge >= 0.3 is 0 Å². The van der Waals surface area contributed by atoms with Crippen molar-refractivity contribution in [3.63, 3.8) is 0 Å². The van der Waals surface area contributed by atoms with Gasteiger partial charge in [0.15, 0.2) is 0 Å². The van der Waals surface area contributed by atoms with Gasteiger partial charge < -0.3 is 4.74 Å². The zero-order valence-corrected chi connectivity index (χ0v) is 11.4. The highest BCUT2D eigenvalue weighted by Gasteiger charge is 2.33. The summed E-state index contributed by atoms with van der Waals surface area (Å²) in [5.41, 5.74) is 0. The van der Waals surface area contributed by atoms with E-state index in [-0.39, 0.29) is 9.92 Å². The lowest BCUT2D eigenvalue weighted by Crippen LogP contribution is -2.34. The lowest BCUT2D eigenvalue weighted by molar-refractivity contribution is 0.0846. The molecule has 1 aromatic carbocycles. The average molecular weight is 296 g/mol. The summed E-state index contributed by atoms with van der Waals surface area (Å²) in [6.45, 7) is 2.45. The Kier molecular flexibility index (Phi) is 3.66. The lowest BCUT2D eigenvalue weighted by Gasteiger charge is -2.19. The minimum absolute atomic E-state index is 0.129. The van der Waals surface area contributed by atoms with Crippen LogP contribution in [0.15, 0.2) is 23.1 Å². The normalized spacial score (nSPS) is 21.9. The second-order valence-electron chi connectivity index (χ2n) is 3.66. The van der Waals surface area contributed by atoms with Gasteiger partial charge in [-0.25, -0.2) is 8.42 Å². The zero-order chi connectivity index (χ0) is 12.6. The molecule has 0 N–H and O–H groups in total. The second-order valence-corrected chi connectivity index (χ2v) is 6.37. The molecule has 4 nitrogen and oxygen atoms in total. The molecule has 1 saturated heterocycles. The summed E-state index contributed by atoms with van der Waals surface area (Å²) < 4.78 is 31.0. The molecule has 1 aliphatic rings. The van der Waals surface area contributed by atoms with E-state index in [0.717, 1.165) is 0 Å². The van der Waals surface area contributed by atoms with Crippen molar-refractivity contribution >= 4 is 33.2 Å².